The van der Waals surface area contributed by atoms with Crippen molar-refractivity contribution in [2.75, 3.05) is 23.4 Å². The molecule has 1 heterocycles. The van der Waals surface area contributed by atoms with Gasteiger partial charge in [-0.25, -0.2) is 0 Å². The molecule has 1 saturated heterocycles. The van der Waals surface area contributed by atoms with Gasteiger partial charge in [-0.2, -0.15) is 11.8 Å². The SMILES string of the molecule is CC1(C)CSCC(CN)(Nc2ccccc2Br)C1. The van der Waals surface area contributed by atoms with E-state index < -0.39 is 0 Å². The number of hydrogen-bond donors (Lipinski definition) is 2. The van der Waals surface area contributed by atoms with E-state index in [4.69, 9.17) is 5.73 Å². The van der Waals surface area contributed by atoms with Gasteiger partial charge in [-0.15, -0.1) is 0 Å². The van der Waals surface area contributed by atoms with Crippen LogP contribution in [0.1, 0.15) is 20.3 Å². The van der Waals surface area contributed by atoms with Crippen molar-refractivity contribution in [3.63, 3.8) is 0 Å². The Morgan fingerprint density at radius 3 is 2.67 bits per heavy atom. The van der Waals surface area contributed by atoms with Gasteiger partial charge in [0.15, 0.2) is 0 Å². The first kappa shape index (κ1) is 14.2. The van der Waals surface area contributed by atoms with Crippen molar-refractivity contribution in [3.8, 4) is 0 Å². The first-order valence-corrected chi connectivity index (χ1v) is 8.22. The van der Waals surface area contributed by atoms with Crippen LogP contribution in [0.25, 0.3) is 0 Å². The van der Waals surface area contributed by atoms with E-state index in [2.05, 4.69) is 53.3 Å². The molecule has 1 aliphatic rings. The zero-order chi connectivity index (χ0) is 13.2. The third kappa shape index (κ3) is 3.22. The molecule has 18 heavy (non-hydrogen) atoms. The van der Waals surface area contributed by atoms with Crippen molar-refractivity contribution in [2.24, 2.45) is 11.1 Å². The fourth-order valence-electron chi connectivity index (χ4n) is 2.65. The van der Waals surface area contributed by atoms with Crippen LogP contribution in [-0.4, -0.2) is 23.6 Å². The number of hydrogen-bond acceptors (Lipinski definition) is 3. The minimum absolute atomic E-state index is 0.0102. The van der Waals surface area contributed by atoms with E-state index in [9.17, 15) is 0 Å². The van der Waals surface area contributed by atoms with E-state index in [0.717, 1.165) is 22.3 Å². The van der Waals surface area contributed by atoms with Crippen molar-refractivity contribution in [2.45, 2.75) is 25.8 Å². The molecule has 0 saturated carbocycles. The molecule has 100 valence electrons. The van der Waals surface area contributed by atoms with Crippen LogP contribution in [0.3, 0.4) is 0 Å². The maximum absolute atomic E-state index is 6.07. The van der Waals surface area contributed by atoms with E-state index in [-0.39, 0.29) is 5.54 Å². The first-order valence-electron chi connectivity index (χ1n) is 6.27. The number of thioether (sulfide) groups is 1. The summed E-state index contributed by atoms with van der Waals surface area (Å²) in [6, 6.07) is 8.25. The Labute approximate surface area is 122 Å². The monoisotopic (exact) mass is 328 g/mol. The van der Waals surface area contributed by atoms with Gasteiger partial charge in [0.05, 0.1) is 5.54 Å². The second kappa shape index (κ2) is 5.43. The average Bonchev–Trinajstić information content (AvgIpc) is 2.31. The van der Waals surface area contributed by atoms with Crippen molar-refractivity contribution >= 4 is 33.4 Å². The molecule has 1 aromatic rings. The minimum atomic E-state index is 0.0102. The Hall–Kier alpha value is -0.190. The van der Waals surface area contributed by atoms with Gasteiger partial charge in [-0.05, 0) is 45.7 Å². The van der Waals surface area contributed by atoms with Crippen molar-refractivity contribution < 1.29 is 0 Å². The van der Waals surface area contributed by atoms with Crippen LogP contribution in [-0.2, 0) is 0 Å². The Morgan fingerprint density at radius 2 is 2.06 bits per heavy atom. The fraction of sp³-hybridized carbons (Fsp3) is 0.571. The number of rotatable bonds is 3. The molecule has 1 atom stereocenters. The molecule has 3 N–H and O–H groups in total. The Bertz CT molecular complexity index is 422. The molecule has 0 amide bonds. The molecular formula is C14H21BrN2S. The molecule has 1 aromatic carbocycles. The smallest absolute Gasteiger partial charge is 0.0591 e. The summed E-state index contributed by atoms with van der Waals surface area (Å²) in [6.45, 7) is 5.32. The van der Waals surface area contributed by atoms with Crippen LogP contribution in [0.5, 0.6) is 0 Å². The van der Waals surface area contributed by atoms with Gasteiger partial charge in [-0.3, -0.25) is 0 Å². The molecule has 4 heteroatoms. The van der Waals surface area contributed by atoms with Crippen LogP contribution in [0, 0.1) is 5.41 Å². The molecule has 2 rings (SSSR count). The normalized spacial score (nSPS) is 26.9. The highest BCUT2D eigenvalue weighted by Crippen LogP contribution is 2.41. The van der Waals surface area contributed by atoms with E-state index in [1.165, 1.54) is 5.75 Å². The lowest BCUT2D eigenvalue weighted by atomic mass is 9.79. The second-order valence-corrected chi connectivity index (χ2v) is 7.76. The van der Waals surface area contributed by atoms with Crippen LogP contribution in [0.15, 0.2) is 28.7 Å². The Kier molecular flexibility index (Phi) is 4.29. The van der Waals surface area contributed by atoms with Gasteiger partial charge in [0.25, 0.3) is 0 Å². The zero-order valence-electron chi connectivity index (χ0n) is 11.0. The summed E-state index contributed by atoms with van der Waals surface area (Å²) in [5.41, 5.74) is 7.56. The van der Waals surface area contributed by atoms with E-state index in [1.54, 1.807) is 0 Å². The molecule has 0 spiro atoms. The summed E-state index contributed by atoms with van der Waals surface area (Å²) in [6.07, 6.45) is 1.12. The first-order chi connectivity index (χ1) is 8.46. The van der Waals surface area contributed by atoms with Gasteiger partial charge < -0.3 is 11.1 Å². The number of para-hydroxylation sites is 1. The van der Waals surface area contributed by atoms with Gasteiger partial charge in [0.2, 0.25) is 0 Å². The van der Waals surface area contributed by atoms with Gasteiger partial charge in [-0.1, -0.05) is 26.0 Å². The lowest BCUT2D eigenvalue weighted by Gasteiger charge is -2.45. The van der Waals surface area contributed by atoms with Crippen molar-refractivity contribution in [3.05, 3.63) is 28.7 Å². The standard InChI is InChI=1S/C14H21BrN2S/c1-13(2)7-14(8-16,10-18-9-13)17-12-6-4-3-5-11(12)15/h3-6,17H,7-10,16H2,1-2H3. The summed E-state index contributed by atoms with van der Waals surface area (Å²) >= 11 is 5.60. The van der Waals surface area contributed by atoms with Gasteiger partial charge >= 0.3 is 0 Å². The molecule has 0 aliphatic carbocycles. The maximum Gasteiger partial charge on any atom is 0.0591 e. The number of nitrogens with one attached hydrogen (secondary N) is 1. The Balaban J connectivity index is 2.21. The van der Waals surface area contributed by atoms with Crippen LogP contribution in [0.4, 0.5) is 5.69 Å². The summed E-state index contributed by atoms with van der Waals surface area (Å²) in [7, 11) is 0. The van der Waals surface area contributed by atoms with Crippen LogP contribution in [0.2, 0.25) is 0 Å². The highest BCUT2D eigenvalue weighted by Gasteiger charge is 2.39. The van der Waals surface area contributed by atoms with Crippen molar-refractivity contribution in [1.82, 2.24) is 0 Å². The average molecular weight is 329 g/mol. The predicted octanol–water partition coefficient (Wildman–Crippen LogP) is 3.72. The number of benzene rings is 1. The maximum atomic E-state index is 6.07. The minimum Gasteiger partial charge on any atom is -0.377 e. The van der Waals surface area contributed by atoms with Gasteiger partial charge in [0.1, 0.15) is 0 Å². The molecule has 1 fully saturated rings. The lowest BCUT2D eigenvalue weighted by Crippen LogP contribution is -2.53. The third-order valence-corrected chi connectivity index (χ3v) is 5.79. The topological polar surface area (TPSA) is 38.0 Å². The van der Waals surface area contributed by atoms with Crippen LogP contribution >= 0.6 is 27.7 Å². The highest BCUT2D eigenvalue weighted by atomic mass is 79.9. The van der Waals surface area contributed by atoms with E-state index in [0.29, 0.717) is 12.0 Å². The molecular weight excluding hydrogens is 308 g/mol. The number of anilines is 1. The zero-order valence-corrected chi connectivity index (χ0v) is 13.4. The molecule has 1 aliphatic heterocycles. The molecule has 0 radical (unpaired) electrons. The molecule has 1 unspecified atom stereocenters. The fourth-order valence-corrected chi connectivity index (χ4v) is 4.47. The van der Waals surface area contributed by atoms with Crippen LogP contribution < -0.4 is 11.1 Å². The highest BCUT2D eigenvalue weighted by molar-refractivity contribution is 9.10. The Morgan fingerprint density at radius 1 is 1.33 bits per heavy atom. The lowest BCUT2D eigenvalue weighted by molar-refractivity contribution is 0.290. The van der Waals surface area contributed by atoms with E-state index in [1.807, 2.05) is 17.8 Å². The summed E-state index contributed by atoms with van der Waals surface area (Å²) < 4.78 is 1.10. The molecule has 0 aromatic heterocycles. The quantitative estimate of drug-likeness (QED) is 0.888. The summed E-state index contributed by atoms with van der Waals surface area (Å²) in [4.78, 5) is 0. The summed E-state index contributed by atoms with van der Waals surface area (Å²) in [5.74, 6) is 2.29. The predicted molar refractivity (Wildman–Crippen MR) is 85.3 cm³/mol. The second-order valence-electron chi connectivity index (χ2n) is 5.92. The third-order valence-electron chi connectivity index (χ3n) is 3.35. The van der Waals surface area contributed by atoms with E-state index >= 15 is 0 Å². The largest absolute Gasteiger partial charge is 0.377 e. The van der Waals surface area contributed by atoms with Gasteiger partial charge in [0, 0.05) is 22.5 Å². The number of halogens is 1. The molecule has 2 nitrogen and oxygen atoms in total. The number of nitrogens with two attached hydrogens (primary N) is 1. The molecule has 0 bridgehead atoms. The summed E-state index contributed by atoms with van der Waals surface area (Å²) in [5, 5.41) is 3.68. The van der Waals surface area contributed by atoms with Crippen molar-refractivity contribution in [1.29, 1.82) is 0 Å².